The lowest BCUT2D eigenvalue weighted by Gasteiger charge is -2.10. The number of carbonyl (C=O) groups excluding carboxylic acids is 2. The third-order valence-electron chi connectivity index (χ3n) is 5.32. The second kappa shape index (κ2) is 8.38. The Labute approximate surface area is 188 Å². The van der Waals surface area contributed by atoms with Crippen molar-refractivity contribution in [3.8, 4) is 22.7 Å². The summed E-state index contributed by atoms with van der Waals surface area (Å²) in [5.74, 6) is -0.444. The van der Waals surface area contributed by atoms with Crippen LogP contribution in [-0.2, 0) is 4.79 Å². The molecule has 33 heavy (non-hydrogen) atoms. The van der Waals surface area contributed by atoms with Gasteiger partial charge < -0.3 is 14.5 Å². The SMILES string of the molecule is CC(=O)Oc1c(-c2ccc(NC(=O)c3ccco3)cc2)c(C2CC2)nn1-c1ccc(F)cc1. The van der Waals surface area contributed by atoms with E-state index in [9.17, 15) is 14.0 Å². The number of carbonyl (C=O) groups is 2. The smallest absolute Gasteiger partial charge is 0.309 e. The molecule has 2 heterocycles. The van der Waals surface area contributed by atoms with E-state index in [4.69, 9.17) is 14.3 Å². The van der Waals surface area contributed by atoms with E-state index in [1.165, 1.54) is 30.0 Å². The van der Waals surface area contributed by atoms with Gasteiger partial charge in [0, 0.05) is 18.5 Å². The van der Waals surface area contributed by atoms with E-state index in [1.54, 1.807) is 36.4 Å². The Bertz CT molecular complexity index is 1310. The molecule has 7 nitrogen and oxygen atoms in total. The van der Waals surface area contributed by atoms with Gasteiger partial charge in [-0.2, -0.15) is 9.78 Å². The normalized spacial score (nSPS) is 13.0. The fourth-order valence-electron chi connectivity index (χ4n) is 3.64. The molecule has 5 rings (SSSR count). The maximum Gasteiger partial charge on any atom is 0.309 e. The molecule has 0 aliphatic heterocycles. The third-order valence-corrected chi connectivity index (χ3v) is 5.32. The van der Waals surface area contributed by atoms with E-state index in [2.05, 4.69) is 5.32 Å². The third kappa shape index (κ3) is 4.27. The molecule has 0 unspecified atom stereocenters. The van der Waals surface area contributed by atoms with Gasteiger partial charge in [-0.3, -0.25) is 9.59 Å². The highest BCUT2D eigenvalue weighted by Gasteiger charge is 2.34. The Morgan fingerprint density at radius 2 is 1.82 bits per heavy atom. The van der Waals surface area contributed by atoms with Crippen LogP contribution in [0.5, 0.6) is 5.88 Å². The predicted octanol–water partition coefficient (Wildman–Crippen LogP) is 5.33. The second-order valence-corrected chi connectivity index (χ2v) is 7.83. The van der Waals surface area contributed by atoms with Crippen LogP contribution in [0.2, 0.25) is 0 Å². The molecule has 0 spiro atoms. The molecule has 1 aliphatic carbocycles. The topological polar surface area (TPSA) is 86.4 Å². The van der Waals surface area contributed by atoms with E-state index in [0.29, 0.717) is 16.9 Å². The number of aromatic nitrogens is 2. The average molecular weight is 445 g/mol. The largest absolute Gasteiger partial charge is 0.459 e. The molecule has 0 atom stereocenters. The van der Waals surface area contributed by atoms with Crippen LogP contribution in [-0.4, -0.2) is 21.7 Å². The number of hydrogen-bond acceptors (Lipinski definition) is 5. The van der Waals surface area contributed by atoms with Gasteiger partial charge in [0.2, 0.25) is 5.88 Å². The summed E-state index contributed by atoms with van der Waals surface area (Å²) in [7, 11) is 0. The van der Waals surface area contributed by atoms with Crippen LogP contribution in [0.25, 0.3) is 16.8 Å². The summed E-state index contributed by atoms with van der Waals surface area (Å²) in [4.78, 5) is 24.2. The summed E-state index contributed by atoms with van der Waals surface area (Å²) in [6.07, 6.45) is 3.42. The van der Waals surface area contributed by atoms with E-state index < -0.39 is 5.97 Å². The van der Waals surface area contributed by atoms with Crippen molar-refractivity contribution < 1.29 is 23.1 Å². The highest BCUT2D eigenvalue weighted by atomic mass is 19.1. The highest BCUT2D eigenvalue weighted by molar-refractivity contribution is 6.02. The second-order valence-electron chi connectivity index (χ2n) is 7.83. The molecule has 0 saturated heterocycles. The summed E-state index contributed by atoms with van der Waals surface area (Å²) in [6.45, 7) is 1.33. The fourth-order valence-corrected chi connectivity index (χ4v) is 3.64. The van der Waals surface area contributed by atoms with Crippen LogP contribution < -0.4 is 10.1 Å². The number of rotatable bonds is 6. The lowest BCUT2D eigenvalue weighted by molar-refractivity contribution is -0.132. The molecule has 166 valence electrons. The molecule has 0 bridgehead atoms. The number of hydrogen-bond donors (Lipinski definition) is 1. The van der Waals surface area contributed by atoms with Gasteiger partial charge in [-0.15, -0.1) is 0 Å². The Morgan fingerprint density at radius 3 is 2.42 bits per heavy atom. The summed E-state index contributed by atoms with van der Waals surface area (Å²) in [5, 5.41) is 7.52. The van der Waals surface area contributed by atoms with Crippen LogP contribution in [0, 0.1) is 5.82 Å². The number of amides is 1. The molecule has 1 amide bonds. The number of ether oxygens (including phenoxy) is 1. The number of halogens is 1. The van der Waals surface area contributed by atoms with Crippen LogP contribution in [0.4, 0.5) is 10.1 Å². The quantitative estimate of drug-likeness (QED) is 0.406. The lowest BCUT2D eigenvalue weighted by atomic mass is 10.0. The van der Waals surface area contributed by atoms with Crippen LogP contribution in [0.1, 0.15) is 41.9 Å². The van der Waals surface area contributed by atoms with Crippen molar-refractivity contribution in [1.29, 1.82) is 0 Å². The standard InChI is InChI=1S/C25H20FN3O4/c1-15(30)33-25-22(16-6-10-19(11-7-16)27-24(31)21-3-2-14-32-21)23(17-4-5-17)28-29(25)20-12-8-18(26)9-13-20/h2-3,6-14,17H,4-5H2,1H3,(H,27,31). The zero-order valence-corrected chi connectivity index (χ0v) is 17.7. The van der Waals surface area contributed by atoms with E-state index in [-0.39, 0.29) is 29.3 Å². The van der Waals surface area contributed by atoms with Crippen LogP contribution in [0.15, 0.2) is 71.3 Å². The van der Waals surface area contributed by atoms with Crippen molar-refractivity contribution in [3.05, 3.63) is 84.2 Å². The summed E-state index contributed by atoms with van der Waals surface area (Å²) < 4.78 is 25.7. The number of benzene rings is 2. The van der Waals surface area contributed by atoms with Crippen molar-refractivity contribution in [2.75, 3.05) is 5.32 Å². The van der Waals surface area contributed by atoms with E-state index in [0.717, 1.165) is 24.1 Å². The van der Waals surface area contributed by atoms with Crippen molar-refractivity contribution in [2.45, 2.75) is 25.7 Å². The number of nitrogens with one attached hydrogen (secondary N) is 1. The van der Waals surface area contributed by atoms with Gasteiger partial charge in [-0.05, 0) is 66.9 Å². The van der Waals surface area contributed by atoms with Crippen LogP contribution >= 0.6 is 0 Å². The molecule has 1 fully saturated rings. The fraction of sp³-hybridized carbons (Fsp3) is 0.160. The Hall–Kier alpha value is -4.20. The van der Waals surface area contributed by atoms with Gasteiger partial charge in [-0.25, -0.2) is 4.39 Å². The first-order valence-corrected chi connectivity index (χ1v) is 10.5. The number of anilines is 1. The van der Waals surface area contributed by atoms with E-state index in [1.807, 2.05) is 12.1 Å². The van der Waals surface area contributed by atoms with Crippen molar-refractivity contribution in [2.24, 2.45) is 0 Å². The van der Waals surface area contributed by atoms with Crippen molar-refractivity contribution in [3.63, 3.8) is 0 Å². The molecular weight excluding hydrogens is 425 g/mol. The average Bonchev–Trinajstić information content (AvgIpc) is 3.36. The zero-order valence-electron chi connectivity index (χ0n) is 17.7. The first-order valence-electron chi connectivity index (χ1n) is 10.5. The molecule has 1 N–H and O–H groups in total. The first-order chi connectivity index (χ1) is 16.0. The van der Waals surface area contributed by atoms with Gasteiger partial charge in [-0.1, -0.05) is 12.1 Å². The zero-order chi connectivity index (χ0) is 22.9. The molecule has 8 heteroatoms. The minimum absolute atomic E-state index is 0.216. The number of nitrogens with zero attached hydrogens (tertiary/aromatic N) is 2. The Balaban J connectivity index is 1.54. The molecular formula is C25H20FN3O4. The molecule has 0 radical (unpaired) electrons. The van der Waals surface area contributed by atoms with Crippen molar-refractivity contribution >= 4 is 17.6 Å². The minimum atomic E-state index is -0.482. The minimum Gasteiger partial charge on any atom is -0.459 e. The van der Waals surface area contributed by atoms with Crippen LogP contribution in [0.3, 0.4) is 0 Å². The molecule has 1 aliphatic rings. The van der Waals surface area contributed by atoms with Gasteiger partial charge >= 0.3 is 5.97 Å². The number of furan rings is 1. The summed E-state index contributed by atoms with van der Waals surface area (Å²) >= 11 is 0. The molecule has 1 saturated carbocycles. The summed E-state index contributed by atoms with van der Waals surface area (Å²) in [6, 6.07) is 16.3. The Morgan fingerprint density at radius 1 is 1.09 bits per heavy atom. The van der Waals surface area contributed by atoms with Gasteiger partial charge in [0.1, 0.15) is 5.82 Å². The molecule has 4 aromatic rings. The van der Waals surface area contributed by atoms with Gasteiger partial charge in [0.15, 0.2) is 5.76 Å². The Kier molecular flexibility index (Phi) is 5.26. The molecule has 2 aromatic carbocycles. The monoisotopic (exact) mass is 445 g/mol. The lowest BCUT2D eigenvalue weighted by Crippen LogP contribution is -2.10. The van der Waals surface area contributed by atoms with Gasteiger partial charge in [0.05, 0.1) is 23.2 Å². The summed E-state index contributed by atoms with van der Waals surface area (Å²) in [5.41, 5.74) is 3.50. The van der Waals surface area contributed by atoms with Gasteiger partial charge in [0.25, 0.3) is 5.91 Å². The van der Waals surface area contributed by atoms with E-state index >= 15 is 0 Å². The molecule has 2 aromatic heterocycles. The first kappa shape index (κ1) is 20.7. The maximum atomic E-state index is 13.5. The highest BCUT2D eigenvalue weighted by Crippen LogP contribution is 2.48. The maximum absolute atomic E-state index is 13.5. The predicted molar refractivity (Wildman–Crippen MR) is 119 cm³/mol. The number of esters is 1. The van der Waals surface area contributed by atoms with Crippen molar-refractivity contribution in [1.82, 2.24) is 9.78 Å².